The molecule has 0 aromatic carbocycles. The van der Waals surface area contributed by atoms with Gasteiger partial charge in [-0.05, 0) is 120 Å². The molecule has 16 atom stereocenters. The van der Waals surface area contributed by atoms with Gasteiger partial charge in [0.1, 0.15) is 0 Å². The normalized spacial score (nSPS) is 106. The fourth-order valence-electron chi connectivity index (χ4n) is 21.9. The van der Waals surface area contributed by atoms with Crippen LogP contribution in [0.5, 0.6) is 0 Å². The van der Waals surface area contributed by atoms with Gasteiger partial charge in [-0.25, -0.2) is 0 Å². The first kappa shape index (κ1) is 13.4. The van der Waals surface area contributed by atoms with Crippen molar-refractivity contribution >= 4 is 0 Å². The van der Waals surface area contributed by atoms with Gasteiger partial charge in [0.2, 0.25) is 0 Å². The van der Waals surface area contributed by atoms with Crippen LogP contribution in [-0.4, -0.2) is 0 Å². The van der Waals surface area contributed by atoms with Gasteiger partial charge in [-0.15, -0.1) is 0 Å². The lowest BCUT2D eigenvalue weighted by Crippen LogP contribution is -3.34. The summed E-state index contributed by atoms with van der Waals surface area (Å²) in [7, 11) is 0. The first-order valence-electron chi connectivity index (χ1n) is 13.1. The quantitative estimate of drug-likeness (QED) is 0.530. The van der Waals surface area contributed by atoms with E-state index in [1.165, 1.54) is 29.6 Å². The first-order chi connectivity index (χ1) is 13.1. The fourth-order valence-corrected chi connectivity index (χ4v) is 21.9. The van der Waals surface area contributed by atoms with Crippen LogP contribution in [0.3, 0.4) is 0 Å². The zero-order valence-corrected chi connectivity index (χ0v) is 18.6. The maximum absolute atomic E-state index is 2.93. The molecule has 0 saturated heterocycles. The van der Waals surface area contributed by atoms with Gasteiger partial charge < -0.3 is 0 Å². The molecule has 0 nitrogen and oxygen atoms in total. The van der Waals surface area contributed by atoms with E-state index in [4.69, 9.17) is 0 Å². The van der Waals surface area contributed by atoms with E-state index >= 15 is 0 Å². The molecule has 0 amide bonds. The van der Waals surface area contributed by atoms with Crippen molar-refractivity contribution in [2.75, 3.05) is 0 Å². The van der Waals surface area contributed by atoms with E-state index in [1.807, 2.05) is 0 Å². The minimum Gasteiger partial charge on any atom is -0.0617 e. The summed E-state index contributed by atoms with van der Waals surface area (Å²) < 4.78 is 0. The van der Waals surface area contributed by atoms with E-state index < -0.39 is 0 Å². The topological polar surface area (TPSA) is 0 Å². The van der Waals surface area contributed by atoms with Crippen molar-refractivity contribution in [3.05, 3.63) is 0 Å². The van der Waals surface area contributed by atoms with Crippen molar-refractivity contribution < 1.29 is 0 Å². The van der Waals surface area contributed by atoms with Crippen LogP contribution in [0, 0.1) is 107 Å². The molecule has 5 spiro atoms. The predicted octanol–water partition coefficient (Wildman–Crippen LogP) is 5.48. The summed E-state index contributed by atoms with van der Waals surface area (Å²) in [5.74, 6) is 10.5. The highest BCUT2D eigenvalue weighted by Gasteiger charge is 3.35. The average Bonchev–Trinajstić information content (AvgIpc) is 2.63. The second-order valence-corrected chi connectivity index (χ2v) is 16.0. The van der Waals surface area contributed by atoms with Gasteiger partial charge in [0.25, 0.3) is 0 Å². The van der Waals surface area contributed by atoms with E-state index in [0.717, 1.165) is 50.7 Å². The van der Waals surface area contributed by atoms with Gasteiger partial charge in [-0.2, -0.15) is 0 Å². The molecular weight excluding hydrogens is 336 g/mol. The van der Waals surface area contributed by atoms with Gasteiger partial charge in [0, 0.05) is 0 Å². The van der Waals surface area contributed by atoms with Gasteiger partial charge in [-0.3, -0.25) is 0 Å². The highest BCUT2D eigenvalue weighted by atomic mass is 15.4. The van der Waals surface area contributed by atoms with E-state index in [0.29, 0.717) is 27.1 Å². The molecule has 0 N–H and O–H groups in total. The SMILES string of the molecule is CC1C2CC3C4C5C6C7CC8C(C)C9(C)C87C67C9(C)C6(C)C8(C)C1(C)C23C48C567. The Kier molecular flexibility index (Phi) is 1.10. The molecule has 12 fully saturated rings. The average molecular weight is 371 g/mol. The van der Waals surface area contributed by atoms with Crippen molar-refractivity contribution in [2.24, 2.45) is 107 Å². The van der Waals surface area contributed by atoms with Crippen LogP contribution >= 0.6 is 0 Å². The summed E-state index contributed by atoms with van der Waals surface area (Å²) in [6.07, 6.45) is 3.32. The third-order valence-corrected chi connectivity index (χ3v) is 20.2. The highest BCUT2D eigenvalue weighted by Crippen LogP contribution is 3.37. The van der Waals surface area contributed by atoms with E-state index in [-0.39, 0.29) is 0 Å². The molecule has 146 valence electrons. The lowest BCUT2D eigenvalue weighted by molar-refractivity contribution is -0.909. The molecule has 0 heterocycles. The maximum Gasteiger partial charge on any atom is -0.00568 e. The molecule has 0 heteroatoms. The zero-order chi connectivity index (χ0) is 18.6. The largest absolute Gasteiger partial charge is 0.0617 e. The number of hydrogen-bond acceptors (Lipinski definition) is 0. The Morgan fingerprint density at radius 1 is 0.500 bits per heavy atom. The fraction of sp³-hybridized carbons (Fsp3) is 1.00. The van der Waals surface area contributed by atoms with Crippen molar-refractivity contribution in [1.29, 1.82) is 0 Å². The summed E-state index contributed by atoms with van der Waals surface area (Å²) >= 11 is 0. The van der Waals surface area contributed by atoms with Gasteiger partial charge in [-0.1, -0.05) is 48.5 Å². The monoisotopic (exact) mass is 370 g/mol. The van der Waals surface area contributed by atoms with Crippen molar-refractivity contribution in [2.45, 2.75) is 61.3 Å². The predicted molar refractivity (Wildman–Crippen MR) is 105 cm³/mol. The Labute approximate surface area is 169 Å². The molecule has 0 radical (unpaired) electrons. The number of hydrogen-bond donors (Lipinski definition) is 0. The van der Waals surface area contributed by atoms with Gasteiger partial charge in [0.05, 0.1) is 0 Å². The Morgan fingerprint density at radius 2 is 0.929 bits per heavy atom. The van der Waals surface area contributed by atoms with Crippen LogP contribution in [0.15, 0.2) is 0 Å². The molecule has 0 aromatic rings. The van der Waals surface area contributed by atoms with E-state index in [2.05, 4.69) is 48.5 Å². The van der Waals surface area contributed by atoms with E-state index in [1.54, 1.807) is 12.8 Å². The minimum absolute atomic E-state index is 0.685. The second-order valence-electron chi connectivity index (χ2n) is 16.0. The van der Waals surface area contributed by atoms with Gasteiger partial charge >= 0.3 is 0 Å². The first-order valence-corrected chi connectivity index (χ1v) is 13.1. The Bertz CT molecular complexity index is 1030. The molecule has 0 bridgehead atoms. The summed E-state index contributed by atoms with van der Waals surface area (Å²) in [5.41, 5.74) is 7.91. The summed E-state index contributed by atoms with van der Waals surface area (Å²) in [4.78, 5) is 0. The van der Waals surface area contributed by atoms with Crippen LogP contribution in [0.2, 0.25) is 0 Å². The smallest absolute Gasteiger partial charge is 0.00568 e. The third kappa shape index (κ3) is 0.394. The number of fused-ring (bicyclic) bond motifs is 8. The van der Waals surface area contributed by atoms with Crippen LogP contribution < -0.4 is 0 Å². The molecular formula is C28H34. The van der Waals surface area contributed by atoms with E-state index in [9.17, 15) is 0 Å². The second kappa shape index (κ2) is 2.30. The molecule has 12 saturated carbocycles. The summed E-state index contributed by atoms with van der Waals surface area (Å²) in [6.45, 7) is 19.8. The molecule has 12 aliphatic rings. The van der Waals surface area contributed by atoms with Crippen molar-refractivity contribution in [1.82, 2.24) is 0 Å². The lowest BCUT2D eigenvalue weighted by atomic mass is 8.67. The Hall–Kier alpha value is 0. The Balaban J connectivity index is 1.24. The van der Waals surface area contributed by atoms with Gasteiger partial charge in [0.15, 0.2) is 0 Å². The lowest BCUT2D eigenvalue weighted by Gasteiger charge is -3.36. The molecule has 12 aliphatic carbocycles. The molecule has 16 unspecified atom stereocenters. The minimum atomic E-state index is 0.685. The maximum atomic E-state index is 2.93. The Morgan fingerprint density at radius 3 is 1.36 bits per heavy atom. The van der Waals surface area contributed by atoms with Crippen LogP contribution in [0.1, 0.15) is 61.3 Å². The van der Waals surface area contributed by atoms with Crippen LogP contribution in [0.4, 0.5) is 0 Å². The molecule has 0 aliphatic heterocycles. The molecule has 12 rings (SSSR count). The van der Waals surface area contributed by atoms with Crippen molar-refractivity contribution in [3.63, 3.8) is 0 Å². The molecule has 28 heavy (non-hydrogen) atoms. The van der Waals surface area contributed by atoms with Crippen molar-refractivity contribution in [3.8, 4) is 0 Å². The van der Waals surface area contributed by atoms with Crippen LogP contribution in [-0.2, 0) is 0 Å². The zero-order valence-electron chi connectivity index (χ0n) is 18.6. The third-order valence-electron chi connectivity index (χ3n) is 20.2. The summed E-state index contributed by atoms with van der Waals surface area (Å²) in [6, 6.07) is 0. The number of rotatable bonds is 0. The standard InChI is InChI=1S/C28H34/c1-10-12-8-14-16-18-17-15-9-13-11(2)20(4)22(6)23(7)21(5)19(10,3)24(12,14)26(16,21)28(18,23)27(17,22)25(13,15)20/h10-18H,8-9H2,1-7H3. The van der Waals surface area contributed by atoms with Crippen LogP contribution in [0.25, 0.3) is 0 Å². The molecule has 0 aromatic heterocycles. The highest BCUT2D eigenvalue weighted by molar-refractivity contribution is 5.80. The summed E-state index contributed by atoms with van der Waals surface area (Å²) in [5, 5.41) is 0.